The van der Waals surface area contributed by atoms with Crippen molar-refractivity contribution in [3.8, 4) is 0 Å². The standard InChI is InChI=1S/C14H26BNO2/c1-5-6-12(16)15-17-11-8-9-7-10(13(9,2)3)14(11,4)18-15/h9-12H,5-8,16H2,1-4H3/t9-,10-,11+,12+,14-/m1/s1. The van der Waals surface area contributed by atoms with Crippen LogP contribution in [0, 0.1) is 17.3 Å². The molecule has 0 aromatic rings. The normalized spacial score (nSPS) is 46.5. The van der Waals surface area contributed by atoms with Gasteiger partial charge >= 0.3 is 7.12 Å². The maximum absolute atomic E-state index is 6.31. The lowest BCUT2D eigenvalue weighted by atomic mass is 9.43. The lowest BCUT2D eigenvalue weighted by Gasteiger charge is -2.64. The van der Waals surface area contributed by atoms with Gasteiger partial charge in [-0.2, -0.15) is 0 Å². The van der Waals surface area contributed by atoms with Crippen molar-refractivity contribution in [2.45, 2.75) is 71.0 Å². The van der Waals surface area contributed by atoms with Crippen molar-refractivity contribution in [3.63, 3.8) is 0 Å². The number of hydrogen-bond donors (Lipinski definition) is 1. The first kappa shape index (κ1) is 13.0. The molecule has 3 saturated carbocycles. The summed E-state index contributed by atoms with van der Waals surface area (Å²) >= 11 is 0. The molecule has 102 valence electrons. The zero-order valence-electron chi connectivity index (χ0n) is 12.1. The monoisotopic (exact) mass is 251 g/mol. The number of hydrogen-bond acceptors (Lipinski definition) is 3. The first-order valence-electron chi connectivity index (χ1n) is 7.48. The Labute approximate surface area is 111 Å². The second kappa shape index (κ2) is 3.97. The van der Waals surface area contributed by atoms with Gasteiger partial charge in [-0.05, 0) is 43.4 Å². The van der Waals surface area contributed by atoms with Crippen molar-refractivity contribution in [2.24, 2.45) is 23.0 Å². The topological polar surface area (TPSA) is 44.5 Å². The van der Waals surface area contributed by atoms with E-state index in [1.807, 2.05) is 0 Å². The zero-order valence-corrected chi connectivity index (χ0v) is 12.1. The smallest absolute Gasteiger partial charge is 0.404 e. The minimum Gasteiger partial charge on any atom is -0.404 e. The molecule has 18 heavy (non-hydrogen) atoms. The Morgan fingerprint density at radius 3 is 2.67 bits per heavy atom. The lowest BCUT2D eigenvalue weighted by molar-refractivity contribution is -0.199. The molecule has 0 unspecified atom stereocenters. The third-order valence-electron chi connectivity index (χ3n) is 5.94. The van der Waals surface area contributed by atoms with E-state index in [0.29, 0.717) is 11.3 Å². The molecule has 0 aromatic heterocycles. The summed E-state index contributed by atoms with van der Waals surface area (Å²) in [5.74, 6) is 1.47. The SMILES string of the molecule is CCC[C@H](N)B1O[C@H]2C[C@H]3C[C@H](C3(C)C)[C@@]2(C)O1. The highest BCUT2D eigenvalue weighted by molar-refractivity contribution is 6.47. The summed E-state index contributed by atoms with van der Waals surface area (Å²) in [4.78, 5) is 0. The molecule has 4 fully saturated rings. The van der Waals surface area contributed by atoms with Crippen LogP contribution in [-0.2, 0) is 9.31 Å². The first-order chi connectivity index (χ1) is 8.39. The molecule has 0 amide bonds. The molecule has 4 aliphatic rings. The van der Waals surface area contributed by atoms with E-state index in [9.17, 15) is 0 Å². The van der Waals surface area contributed by atoms with E-state index in [1.54, 1.807) is 0 Å². The van der Waals surface area contributed by atoms with Crippen molar-refractivity contribution in [1.82, 2.24) is 0 Å². The molecule has 0 aromatic carbocycles. The third kappa shape index (κ3) is 1.55. The van der Waals surface area contributed by atoms with Crippen molar-refractivity contribution in [2.75, 3.05) is 0 Å². The van der Waals surface area contributed by atoms with Gasteiger partial charge in [-0.3, -0.25) is 0 Å². The fourth-order valence-corrected chi connectivity index (χ4v) is 4.55. The predicted octanol–water partition coefficient (Wildman–Crippen LogP) is 2.38. The van der Waals surface area contributed by atoms with Crippen LogP contribution in [0.25, 0.3) is 0 Å². The summed E-state index contributed by atoms with van der Waals surface area (Å²) in [6.45, 7) is 9.17. The second-order valence-corrected chi connectivity index (χ2v) is 7.29. The van der Waals surface area contributed by atoms with E-state index in [1.165, 1.54) is 6.42 Å². The maximum Gasteiger partial charge on any atom is 0.475 e. The fourth-order valence-electron chi connectivity index (χ4n) is 4.55. The Bertz CT molecular complexity index is 349. The van der Waals surface area contributed by atoms with E-state index in [0.717, 1.165) is 25.2 Å². The van der Waals surface area contributed by atoms with Crippen molar-refractivity contribution in [3.05, 3.63) is 0 Å². The Kier molecular flexibility index (Phi) is 2.86. The Morgan fingerprint density at radius 1 is 1.33 bits per heavy atom. The third-order valence-corrected chi connectivity index (χ3v) is 5.94. The van der Waals surface area contributed by atoms with Crippen molar-refractivity contribution < 1.29 is 9.31 Å². The van der Waals surface area contributed by atoms with Gasteiger partial charge in [0.05, 0.1) is 11.7 Å². The van der Waals surface area contributed by atoms with Gasteiger partial charge in [0.1, 0.15) is 0 Å². The second-order valence-electron chi connectivity index (χ2n) is 7.29. The van der Waals surface area contributed by atoms with Crippen LogP contribution < -0.4 is 5.73 Å². The number of rotatable bonds is 3. The summed E-state index contributed by atoms with van der Waals surface area (Å²) < 4.78 is 12.4. The van der Waals surface area contributed by atoms with Crippen LogP contribution >= 0.6 is 0 Å². The molecular weight excluding hydrogens is 225 g/mol. The molecule has 5 atom stereocenters. The van der Waals surface area contributed by atoms with Crippen molar-refractivity contribution in [1.29, 1.82) is 0 Å². The van der Waals surface area contributed by atoms with E-state index in [2.05, 4.69) is 27.7 Å². The molecule has 1 aliphatic heterocycles. The average molecular weight is 251 g/mol. The van der Waals surface area contributed by atoms with Crippen LogP contribution in [0.1, 0.15) is 53.4 Å². The molecular formula is C14H26BNO2. The summed E-state index contributed by atoms with van der Waals surface area (Å²) in [6, 6.07) is 0. The van der Waals surface area contributed by atoms with E-state index in [-0.39, 0.29) is 24.8 Å². The predicted molar refractivity (Wildman–Crippen MR) is 73.0 cm³/mol. The minimum atomic E-state index is -0.185. The van der Waals surface area contributed by atoms with Crippen LogP contribution in [0.15, 0.2) is 0 Å². The molecule has 4 heteroatoms. The van der Waals surface area contributed by atoms with Crippen molar-refractivity contribution >= 4 is 7.12 Å². The van der Waals surface area contributed by atoms with Crippen LogP contribution in [-0.4, -0.2) is 24.8 Å². The van der Waals surface area contributed by atoms with Gasteiger partial charge in [-0.1, -0.05) is 27.2 Å². The molecule has 3 nitrogen and oxygen atoms in total. The molecule has 2 N–H and O–H groups in total. The lowest BCUT2D eigenvalue weighted by Crippen LogP contribution is -2.65. The summed E-state index contributed by atoms with van der Waals surface area (Å²) in [7, 11) is -0.185. The van der Waals surface area contributed by atoms with Gasteiger partial charge in [0.25, 0.3) is 0 Å². The van der Waals surface area contributed by atoms with Gasteiger partial charge in [-0.15, -0.1) is 0 Å². The highest BCUT2D eigenvalue weighted by atomic mass is 16.7. The molecule has 2 bridgehead atoms. The maximum atomic E-state index is 6.31. The Morgan fingerprint density at radius 2 is 2.06 bits per heavy atom. The van der Waals surface area contributed by atoms with Gasteiger partial charge in [-0.25, -0.2) is 0 Å². The molecule has 0 spiro atoms. The highest BCUT2D eigenvalue weighted by Crippen LogP contribution is 2.65. The van der Waals surface area contributed by atoms with Crippen LogP contribution in [0.4, 0.5) is 0 Å². The van der Waals surface area contributed by atoms with Crippen LogP contribution in [0.3, 0.4) is 0 Å². The molecule has 4 rings (SSSR count). The Hall–Kier alpha value is -0.0551. The molecule has 1 heterocycles. The van der Waals surface area contributed by atoms with Gasteiger partial charge in [0, 0.05) is 5.94 Å². The van der Waals surface area contributed by atoms with E-state index < -0.39 is 0 Å². The summed E-state index contributed by atoms with van der Waals surface area (Å²) in [5, 5.41) is 0. The summed E-state index contributed by atoms with van der Waals surface area (Å²) in [6.07, 6.45) is 4.78. The molecule has 1 saturated heterocycles. The molecule has 3 aliphatic carbocycles. The Balaban J connectivity index is 1.76. The zero-order chi connectivity index (χ0) is 13.1. The summed E-state index contributed by atoms with van der Waals surface area (Å²) in [5.41, 5.74) is 6.49. The number of nitrogens with two attached hydrogens (primary N) is 1. The van der Waals surface area contributed by atoms with Crippen LogP contribution in [0.5, 0.6) is 0 Å². The van der Waals surface area contributed by atoms with Crippen LogP contribution in [0.2, 0.25) is 0 Å². The largest absolute Gasteiger partial charge is 0.475 e. The molecule has 0 radical (unpaired) electrons. The quantitative estimate of drug-likeness (QED) is 0.783. The fraction of sp³-hybridized carbons (Fsp3) is 1.00. The van der Waals surface area contributed by atoms with Gasteiger partial charge < -0.3 is 15.0 Å². The van der Waals surface area contributed by atoms with E-state index in [4.69, 9.17) is 15.0 Å². The van der Waals surface area contributed by atoms with Gasteiger partial charge in [0.15, 0.2) is 0 Å². The minimum absolute atomic E-state index is 0.0257. The highest BCUT2D eigenvalue weighted by Gasteiger charge is 2.68. The van der Waals surface area contributed by atoms with Gasteiger partial charge in [0.2, 0.25) is 0 Å². The first-order valence-corrected chi connectivity index (χ1v) is 7.48. The van der Waals surface area contributed by atoms with E-state index >= 15 is 0 Å². The average Bonchev–Trinajstić information content (AvgIpc) is 2.65.